The third-order valence-electron chi connectivity index (χ3n) is 1.78. The lowest BCUT2D eigenvalue weighted by molar-refractivity contribution is -0.890. The smallest absolute Gasteiger partial charge is 0.102 e. The van der Waals surface area contributed by atoms with Gasteiger partial charge in [-0.15, -0.1) is 0 Å². The van der Waals surface area contributed by atoms with Gasteiger partial charge in [0.1, 0.15) is 13.1 Å². The molecule has 0 saturated heterocycles. The predicted molar refractivity (Wildman–Crippen MR) is 54.7 cm³/mol. The number of quaternary nitrogens is 1. The average molecular weight is 222 g/mol. The van der Waals surface area contributed by atoms with E-state index in [-0.39, 0.29) is 13.2 Å². The Morgan fingerprint density at radius 1 is 1.33 bits per heavy atom. The molecule has 0 aliphatic heterocycles. The van der Waals surface area contributed by atoms with Crippen molar-refractivity contribution >= 4 is 5.97 Å². The molecular formula is C9H22N2O4. The molecule has 15 heavy (non-hydrogen) atoms. The van der Waals surface area contributed by atoms with Crippen LogP contribution >= 0.6 is 0 Å². The van der Waals surface area contributed by atoms with Crippen molar-refractivity contribution in [1.29, 1.82) is 0 Å². The molecule has 0 aromatic rings. The van der Waals surface area contributed by atoms with E-state index in [0.29, 0.717) is 17.6 Å². The number of nitrogens with two attached hydrogens (primary N) is 1. The maximum absolute atomic E-state index is 9.46. The van der Waals surface area contributed by atoms with Gasteiger partial charge in [0.05, 0.1) is 33.3 Å². The summed E-state index contributed by atoms with van der Waals surface area (Å²) in [5.74, 6) is -1.21. The van der Waals surface area contributed by atoms with E-state index in [9.17, 15) is 9.90 Å². The Labute approximate surface area is 90.5 Å². The van der Waals surface area contributed by atoms with E-state index < -0.39 is 12.0 Å². The first-order valence-corrected chi connectivity index (χ1v) is 4.77. The van der Waals surface area contributed by atoms with Gasteiger partial charge in [0, 0.05) is 6.04 Å². The number of aliphatic hydroxyl groups excluding tert-OH is 2. The molecule has 0 unspecified atom stereocenters. The highest BCUT2D eigenvalue weighted by Gasteiger charge is 2.11. The Morgan fingerprint density at radius 3 is 1.73 bits per heavy atom. The van der Waals surface area contributed by atoms with E-state index >= 15 is 0 Å². The molecule has 0 saturated carbocycles. The standard InChI is InChI=1S/C6H16NO2.C3H7NO2/c1-7(2,3-5-8)4-6-9;1-2(4)3(5)6/h8-9H,3-6H2,1-2H3;2H,4H2,1H3,(H,5,6)/q+1;/p-1/t;2-/m.0/s1. The van der Waals surface area contributed by atoms with Gasteiger partial charge in [-0.1, -0.05) is 0 Å². The van der Waals surface area contributed by atoms with E-state index in [2.05, 4.69) is 0 Å². The number of aliphatic carboxylic acids is 1. The van der Waals surface area contributed by atoms with Crippen LogP contribution in [0.4, 0.5) is 0 Å². The van der Waals surface area contributed by atoms with Crippen LogP contribution in [-0.2, 0) is 4.79 Å². The molecule has 92 valence electrons. The number of carbonyl (C=O) groups is 1. The normalized spacial score (nSPS) is 12.7. The molecule has 0 fully saturated rings. The number of hydrogen-bond donors (Lipinski definition) is 3. The van der Waals surface area contributed by atoms with E-state index in [4.69, 9.17) is 15.9 Å². The summed E-state index contributed by atoms with van der Waals surface area (Å²) in [7, 11) is 3.96. The second-order valence-corrected chi connectivity index (χ2v) is 3.94. The summed E-state index contributed by atoms with van der Waals surface area (Å²) >= 11 is 0. The van der Waals surface area contributed by atoms with Gasteiger partial charge in [-0.05, 0) is 6.92 Å². The zero-order chi connectivity index (χ0) is 12.5. The van der Waals surface area contributed by atoms with Gasteiger partial charge in [0.15, 0.2) is 0 Å². The molecule has 0 bridgehead atoms. The number of likely N-dealkylation sites (N-methyl/N-ethyl adjacent to an activating group) is 1. The number of rotatable bonds is 5. The molecule has 6 heteroatoms. The Kier molecular flexibility index (Phi) is 9.60. The summed E-state index contributed by atoms with van der Waals surface area (Å²) in [6.45, 7) is 3.15. The fourth-order valence-corrected chi connectivity index (χ4v) is 0.653. The molecule has 4 N–H and O–H groups in total. The highest BCUT2D eigenvalue weighted by atomic mass is 16.4. The zero-order valence-electron chi connectivity index (χ0n) is 9.64. The highest BCUT2D eigenvalue weighted by molar-refractivity contribution is 5.70. The lowest BCUT2D eigenvalue weighted by Crippen LogP contribution is -2.43. The minimum Gasteiger partial charge on any atom is -0.548 e. The highest BCUT2D eigenvalue weighted by Crippen LogP contribution is 1.92. The van der Waals surface area contributed by atoms with Crippen LogP contribution in [0.3, 0.4) is 0 Å². The number of carboxylic acid groups (broad SMARTS) is 1. The van der Waals surface area contributed by atoms with Crippen molar-refractivity contribution in [3.05, 3.63) is 0 Å². The minimum atomic E-state index is -1.21. The fourth-order valence-electron chi connectivity index (χ4n) is 0.653. The topological polar surface area (TPSA) is 107 Å². The van der Waals surface area contributed by atoms with E-state index in [1.54, 1.807) is 0 Å². The van der Waals surface area contributed by atoms with Crippen LogP contribution in [0.15, 0.2) is 0 Å². The fraction of sp³-hybridized carbons (Fsp3) is 0.889. The van der Waals surface area contributed by atoms with Gasteiger partial charge in [0.25, 0.3) is 0 Å². The Bertz CT molecular complexity index is 163. The van der Waals surface area contributed by atoms with Crippen LogP contribution in [0.5, 0.6) is 0 Å². The SMILES string of the molecule is C[C@H](N)C(=O)[O-].C[N+](C)(CCO)CCO. The maximum atomic E-state index is 9.46. The van der Waals surface area contributed by atoms with Gasteiger partial charge in [0.2, 0.25) is 0 Å². The molecule has 0 aliphatic rings. The largest absolute Gasteiger partial charge is 0.548 e. The molecule has 0 aliphatic carbocycles. The van der Waals surface area contributed by atoms with Crippen LogP contribution in [-0.4, -0.2) is 67.1 Å². The molecule has 0 spiro atoms. The molecule has 0 aromatic carbocycles. The molecule has 1 atom stereocenters. The number of nitrogens with zero attached hydrogens (tertiary/aromatic N) is 1. The number of carboxylic acids is 1. The summed E-state index contributed by atoms with van der Waals surface area (Å²) in [6.07, 6.45) is 0. The maximum Gasteiger partial charge on any atom is 0.102 e. The molecule has 0 amide bonds. The van der Waals surface area contributed by atoms with Gasteiger partial charge in [-0.2, -0.15) is 0 Å². The van der Waals surface area contributed by atoms with E-state index in [0.717, 1.165) is 0 Å². The van der Waals surface area contributed by atoms with E-state index in [1.807, 2.05) is 14.1 Å². The average Bonchev–Trinajstić information content (AvgIpc) is 2.04. The second kappa shape index (κ2) is 8.60. The van der Waals surface area contributed by atoms with E-state index in [1.165, 1.54) is 6.92 Å². The molecule has 0 aromatic heterocycles. The monoisotopic (exact) mass is 222 g/mol. The quantitative estimate of drug-likeness (QED) is 0.433. The summed E-state index contributed by atoms with van der Waals surface area (Å²) < 4.78 is 0.688. The molecule has 0 rings (SSSR count). The van der Waals surface area contributed by atoms with Gasteiger partial charge in [-0.25, -0.2) is 0 Å². The van der Waals surface area contributed by atoms with Crippen molar-refractivity contribution in [2.75, 3.05) is 40.4 Å². The van der Waals surface area contributed by atoms with Crippen molar-refractivity contribution in [1.82, 2.24) is 0 Å². The molecular weight excluding hydrogens is 200 g/mol. The predicted octanol–water partition coefficient (Wildman–Crippen LogP) is -2.87. The van der Waals surface area contributed by atoms with Crippen LogP contribution in [0.1, 0.15) is 6.92 Å². The number of hydrogen-bond acceptors (Lipinski definition) is 5. The summed E-state index contributed by atoms with van der Waals surface area (Å²) in [4.78, 5) is 9.46. The van der Waals surface area contributed by atoms with Crippen LogP contribution in [0.2, 0.25) is 0 Å². The van der Waals surface area contributed by atoms with Gasteiger partial charge < -0.3 is 30.3 Å². The van der Waals surface area contributed by atoms with Crippen molar-refractivity contribution in [2.24, 2.45) is 5.73 Å². The van der Waals surface area contributed by atoms with Crippen LogP contribution in [0.25, 0.3) is 0 Å². The van der Waals surface area contributed by atoms with Crippen LogP contribution < -0.4 is 10.8 Å². The zero-order valence-corrected chi connectivity index (χ0v) is 9.64. The van der Waals surface area contributed by atoms with Crippen molar-refractivity contribution in [3.63, 3.8) is 0 Å². The summed E-state index contributed by atoms with van der Waals surface area (Å²) in [6, 6.07) is -0.843. The summed E-state index contributed by atoms with van der Waals surface area (Å²) in [5.41, 5.74) is 4.77. The van der Waals surface area contributed by atoms with Crippen molar-refractivity contribution in [2.45, 2.75) is 13.0 Å². The van der Waals surface area contributed by atoms with Crippen LogP contribution in [0, 0.1) is 0 Å². The van der Waals surface area contributed by atoms with Gasteiger partial charge >= 0.3 is 0 Å². The van der Waals surface area contributed by atoms with Crippen molar-refractivity contribution < 1.29 is 24.6 Å². The number of aliphatic hydroxyl groups is 2. The Hall–Kier alpha value is -0.690. The third-order valence-corrected chi connectivity index (χ3v) is 1.78. The first-order chi connectivity index (χ1) is 6.76. The van der Waals surface area contributed by atoms with Crippen molar-refractivity contribution in [3.8, 4) is 0 Å². The molecule has 0 radical (unpaired) electrons. The minimum absolute atomic E-state index is 0.188. The first kappa shape index (κ1) is 16.7. The Morgan fingerprint density at radius 2 is 1.60 bits per heavy atom. The summed E-state index contributed by atoms with van der Waals surface area (Å²) in [5, 5.41) is 26.5. The molecule has 0 heterocycles. The lowest BCUT2D eigenvalue weighted by Gasteiger charge is -2.27. The third kappa shape index (κ3) is 13.3. The Balaban J connectivity index is 0. The lowest BCUT2D eigenvalue weighted by atomic mass is 10.4. The number of carbonyl (C=O) groups excluding carboxylic acids is 1. The molecule has 6 nitrogen and oxygen atoms in total. The second-order valence-electron chi connectivity index (χ2n) is 3.94. The first-order valence-electron chi connectivity index (χ1n) is 4.77. The van der Waals surface area contributed by atoms with Gasteiger partial charge in [-0.3, -0.25) is 0 Å².